The van der Waals surface area contributed by atoms with Crippen molar-refractivity contribution < 1.29 is 13.9 Å². The van der Waals surface area contributed by atoms with Crippen LogP contribution in [0.15, 0.2) is 48.5 Å². The zero-order valence-electron chi connectivity index (χ0n) is 11.3. The molecule has 2 rings (SSSR count). The Labute approximate surface area is 121 Å². The Bertz CT molecular complexity index is 602. The topological polar surface area (TPSA) is 76.4 Å². The average molecular weight is 289 g/mol. The Kier molecular flexibility index (Phi) is 5.11. The van der Waals surface area contributed by atoms with Crippen molar-refractivity contribution in [3.05, 3.63) is 54.3 Å². The van der Waals surface area contributed by atoms with Crippen LogP contribution in [0.5, 0.6) is 5.75 Å². The smallest absolute Gasteiger partial charge is 0.323 e. The quantitative estimate of drug-likeness (QED) is 0.792. The third-order valence-corrected chi connectivity index (χ3v) is 2.58. The largest absolute Gasteiger partial charge is 0.492 e. The van der Waals surface area contributed by atoms with Gasteiger partial charge in [0.2, 0.25) is 0 Å². The van der Waals surface area contributed by atoms with Gasteiger partial charge in [-0.15, -0.1) is 0 Å². The summed E-state index contributed by atoms with van der Waals surface area (Å²) in [6.07, 6.45) is 0. The number of nitrogens with two attached hydrogens (primary N) is 1. The minimum Gasteiger partial charge on any atom is -0.492 e. The van der Waals surface area contributed by atoms with Crippen molar-refractivity contribution in [2.45, 2.75) is 0 Å². The summed E-state index contributed by atoms with van der Waals surface area (Å²) in [5, 5.41) is 5.18. The molecule has 0 spiro atoms. The maximum atomic E-state index is 13.0. The third-order valence-electron chi connectivity index (χ3n) is 2.58. The van der Waals surface area contributed by atoms with Crippen LogP contribution in [0, 0.1) is 5.82 Å². The molecule has 2 aromatic carbocycles. The van der Waals surface area contributed by atoms with Gasteiger partial charge in [0, 0.05) is 17.9 Å². The molecule has 0 aliphatic rings. The van der Waals surface area contributed by atoms with Crippen molar-refractivity contribution >= 4 is 17.4 Å². The molecule has 0 aromatic heterocycles. The lowest BCUT2D eigenvalue weighted by atomic mass is 10.3. The van der Waals surface area contributed by atoms with Crippen molar-refractivity contribution in [3.63, 3.8) is 0 Å². The van der Waals surface area contributed by atoms with Crippen LogP contribution in [0.25, 0.3) is 0 Å². The van der Waals surface area contributed by atoms with Crippen molar-refractivity contribution in [2.24, 2.45) is 5.73 Å². The predicted molar refractivity (Wildman–Crippen MR) is 80.0 cm³/mol. The number of hydrogen-bond acceptors (Lipinski definition) is 3. The van der Waals surface area contributed by atoms with E-state index in [1.54, 1.807) is 30.3 Å². The molecule has 0 saturated carbocycles. The van der Waals surface area contributed by atoms with Crippen LogP contribution in [0.2, 0.25) is 0 Å². The first-order valence-corrected chi connectivity index (χ1v) is 6.44. The number of nitrogens with one attached hydrogen (secondary N) is 2. The number of ether oxygens (including phenoxy) is 1. The van der Waals surface area contributed by atoms with Gasteiger partial charge in [0.25, 0.3) is 0 Å². The number of urea groups is 1. The summed E-state index contributed by atoms with van der Waals surface area (Å²) in [4.78, 5) is 11.8. The van der Waals surface area contributed by atoms with Gasteiger partial charge in [0.1, 0.15) is 18.2 Å². The molecule has 6 heteroatoms. The van der Waals surface area contributed by atoms with Crippen molar-refractivity contribution in [1.82, 2.24) is 0 Å². The summed E-state index contributed by atoms with van der Waals surface area (Å²) in [5.74, 6) is 0.269. The van der Waals surface area contributed by atoms with Gasteiger partial charge in [0.15, 0.2) is 0 Å². The van der Waals surface area contributed by atoms with Crippen LogP contribution in [0.1, 0.15) is 0 Å². The van der Waals surface area contributed by atoms with Crippen LogP contribution in [0.3, 0.4) is 0 Å². The van der Waals surface area contributed by atoms with Crippen LogP contribution in [0.4, 0.5) is 20.6 Å². The van der Waals surface area contributed by atoms with E-state index in [1.807, 2.05) is 0 Å². The van der Waals surface area contributed by atoms with Crippen molar-refractivity contribution in [2.75, 3.05) is 23.8 Å². The van der Waals surface area contributed by atoms with Gasteiger partial charge in [-0.3, -0.25) is 0 Å². The molecule has 21 heavy (non-hydrogen) atoms. The molecule has 0 radical (unpaired) electrons. The van der Waals surface area contributed by atoms with E-state index >= 15 is 0 Å². The molecule has 0 saturated heterocycles. The molecule has 0 bridgehead atoms. The Hall–Kier alpha value is -2.60. The van der Waals surface area contributed by atoms with Gasteiger partial charge in [-0.2, -0.15) is 0 Å². The third kappa shape index (κ3) is 4.77. The molecule has 5 nitrogen and oxygen atoms in total. The SMILES string of the molecule is NCCOc1ccc(NC(=O)Nc2cccc(F)c2)cc1. The Balaban J connectivity index is 1.90. The molecule has 2 aromatic rings. The van der Waals surface area contributed by atoms with Gasteiger partial charge in [0.05, 0.1) is 0 Å². The molecule has 2 amide bonds. The van der Waals surface area contributed by atoms with Crippen LogP contribution in [-0.4, -0.2) is 19.2 Å². The summed E-state index contributed by atoms with van der Waals surface area (Å²) in [5.41, 5.74) is 6.32. The summed E-state index contributed by atoms with van der Waals surface area (Å²) in [6.45, 7) is 0.878. The summed E-state index contributed by atoms with van der Waals surface area (Å²) in [6, 6.07) is 12.1. The minimum atomic E-state index is -0.448. The van der Waals surface area contributed by atoms with Gasteiger partial charge < -0.3 is 21.1 Å². The van der Waals surface area contributed by atoms with E-state index < -0.39 is 11.8 Å². The molecular formula is C15H16FN3O2. The number of halogens is 1. The highest BCUT2D eigenvalue weighted by atomic mass is 19.1. The van der Waals surface area contributed by atoms with Gasteiger partial charge in [-0.05, 0) is 42.5 Å². The highest BCUT2D eigenvalue weighted by molar-refractivity contribution is 5.99. The number of amides is 2. The van der Waals surface area contributed by atoms with Crippen molar-refractivity contribution in [1.29, 1.82) is 0 Å². The molecule has 0 atom stereocenters. The molecule has 0 unspecified atom stereocenters. The summed E-state index contributed by atoms with van der Waals surface area (Å²) in [7, 11) is 0. The van der Waals surface area contributed by atoms with E-state index in [9.17, 15) is 9.18 Å². The van der Waals surface area contributed by atoms with Crippen LogP contribution in [-0.2, 0) is 0 Å². The Morgan fingerprint density at radius 3 is 2.48 bits per heavy atom. The first-order valence-electron chi connectivity index (χ1n) is 6.44. The zero-order chi connectivity index (χ0) is 15.1. The second kappa shape index (κ2) is 7.25. The standard InChI is InChI=1S/C15H16FN3O2/c16-11-2-1-3-13(10-11)19-15(20)18-12-4-6-14(7-5-12)21-9-8-17/h1-7,10H,8-9,17H2,(H2,18,19,20). The molecule has 4 N–H and O–H groups in total. The van der Waals surface area contributed by atoms with Gasteiger partial charge in [-0.25, -0.2) is 9.18 Å². The highest BCUT2D eigenvalue weighted by Crippen LogP contribution is 2.16. The Morgan fingerprint density at radius 1 is 1.10 bits per heavy atom. The monoisotopic (exact) mass is 289 g/mol. The maximum Gasteiger partial charge on any atom is 0.323 e. The predicted octanol–water partition coefficient (Wildman–Crippen LogP) is 2.81. The zero-order valence-corrected chi connectivity index (χ0v) is 11.3. The average Bonchev–Trinajstić information content (AvgIpc) is 2.46. The highest BCUT2D eigenvalue weighted by Gasteiger charge is 2.03. The number of benzene rings is 2. The molecule has 110 valence electrons. The van der Waals surface area contributed by atoms with Gasteiger partial charge in [-0.1, -0.05) is 6.07 Å². The summed E-state index contributed by atoms with van der Waals surface area (Å²) < 4.78 is 18.3. The second-order valence-corrected chi connectivity index (χ2v) is 4.25. The van der Waals surface area contributed by atoms with E-state index in [0.29, 0.717) is 30.3 Å². The molecule has 0 heterocycles. The Morgan fingerprint density at radius 2 is 1.81 bits per heavy atom. The second-order valence-electron chi connectivity index (χ2n) is 4.25. The fourth-order valence-electron chi connectivity index (χ4n) is 1.67. The fraction of sp³-hybridized carbons (Fsp3) is 0.133. The van der Waals surface area contributed by atoms with E-state index in [0.717, 1.165) is 0 Å². The number of rotatable bonds is 5. The lowest BCUT2D eigenvalue weighted by molar-refractivity contribution is 0.262. The van der Waals surface area contributed by atoms with E-state index in [2.05, 4.69) is 10.6 Å². The molecule has 0 fully saturated rings. The molecular weight excluding hydrogens is 273 g/mol. The lowest BCUT2D eigenvalue weighted by Crippen LogP contribution is -2.19. The first kappa shape index (κ1) is 14.8. The normalized spacial score (nSPS) is 10.0. The summed E-state index contributed by atoms with van der Waals surface area (Å²) >= 11 is 0. The lowest BCUT2D eigenvalue weighted by Gasteiger charge is -2.09. The number of carbonyl (C=O) groups is 1. The molecule has 0 aliphatic carbocycles. The van der Waals surface area contributed by atoms with E-state index in [1.165, 1.54) is 18.2 Å². The van der Waals surface area contributed by atoms with E-state index in [-0.39, 0.29) is 0 Å². The fourth-order valence-corrected chi connectivity index (χ4v) is 1.67. The molecule has 0 aliphatic heterocycles. The number of anilines is 2. The maximum absolute atomic E-state index is 13.0. The van der Waals surface area contributed by atoms with Gasteiger partial charge >= 0.3 is 6.03 Å². The number of hydrogen-bond donors (Lipinski definition) is 3. The minimum absolute atomic E-state index is 0.385. The first-order chi connectivity index (χ1) is 10.2. The van der Waals surface area contributed by atoms with E-state index in [4.69, 9.17) is 10.5 Å². The van der Waals surface area contributed by atoms with Crippen LogP contribution < -0.4 is 21.1 Å². The van der Waals surface area contributed by atoms with Crippen LogP contribution >= 0.6 is 0 Å². The van der Waals surface area contributed by atoms with Crippen molar-refractivity contribution in [3.8, 4) is 5.75 Å². The number of carbonyl (C=O) groups excluding carboxylic acids is 1.